The lowest BCUT2D eigenvalue weighted by Crippen LogP contribution is -2.18. The first-order valence-corrected chi connectivity index (χ1v) is 8.86. The van der Waals surface area contributed by atoms with Gasteiger partial charge in [0.15, 0.2) is 0 Å². The summed E-state index contributed by atoms with van der Waals surface area (Å²) in [4.78, 5) is 12.0. The van der Waals surface area contributed by atoms with E-state index in [9.17, 15) is 18.0 Å². The molecular formula is C19H13F3IN3O. The number of amides is 1. The van der Waals surface area contributed by atoms with Gasteiger partial charge in [0.25, 0.3) is 5.91 Å². The molecule has 2 aromatic carbocycles. The second-order valence-corrected chi connectivity index (χ2v) is 6.80. The largest absolute Gasteiger partial charge is 0.416 e. The predicted molar refractivity (Wildman–Crippen MR) is 105 cm³/mol. The maximum Gasteiger partial charge on any atom is 0.416 e. The average molecular weight is 483 g/mol. The Balaban J connectivity index is 1.73. The number of aromatic nitrogens is 1. The topological polar surface area (TPSA) is 46.4 Å². The lowest BCUT2D eigenvalue weighted by molar-refractivity contribution is -0.137. The molecule has 3 aromatic rings. The van der Waals surface area contributed by atoms with Crippen LogP contribution in [0.3, 0.4) is 0 Å². The van der Waals surface area contributed by atoms with Crippen LogP contribution in [-0.4, -0.2) is 16.7 Å². The Labute approximate surface area is 166 Å². The van der Waals surface area contributed by atoms with Crippen LogP contribution < -0.4 is 5.43 Å². The van der Waals surface area contributed by atoms with E-state index in [2.05, 4.69) is 33.1 Å². The molecule has 0 atom stereocenters. The third-order valence-electron chi connectivity index (χ3n) is 3.70. The number of carbonyl (C=O) groups excluding carboxylic acids is 1. The summed E-state index contributed by atoms with van der Waals surface area (Å²) in [7, 11) is 0. The molecule has 0 unspecified atom stereocenters. The lowest BCUT2D eigenvalue weighted by Gasteiger charge is -2.08. The highest BCUT2D eigenvalue weighted by Crippen LogP contribution is 2.29. The third-order valence-corrected chi connectivity index (χ3v) is 4.42. The number of halogens is 4. The van der Waals surface area contributed by atoms with Gasteiger partial charge in [0.2, 0.25) is 0 Å². The summed E-state index contributed by atoms with van der Waals surface area (Å²) in [5, 5.41) is 3.86. The normalized spacial score (nSPS) is 11.7. The molecular weight excluding hydrogens is 470 g/mol. The van der Waals surface area contributed by atoms with Gasteiger partial charge in [-0.25, -0.2) is 5.43 Å². The van der Waals surface area contributed by atoms with Crippen LogP contribution in [0.4, 0.5) is 13.2 Å². The molecule has 0 aliphatic heterocycles. The van der Waals surface area contributed by atoms with Gasteiger partial charge in [-0.2, -0.15) is 18.3 Å². The van der Waals surface area contributed by atoms with Crippen LogP contribution in [0.25, 0.3) is 5.69 Å². The quantitative estimate of drug-likeness (QED) is 0.322. The van der Waals surface area contributed by atoms with Gasteiger partial charge < -0.3 is 4.57 Å². The van der Waals surface area contributed by atoms with Crippen LogP contribution in [0.2, 0.25) is 0 Å². The summed E-state index contributed by atoms with van der Waals surface area (Å²) in [6.07, 6.45) is -1.23. The van der Waals surface area contributed by atoms with Gasteiger partial charge in [-0.05, 0) is 77.2 Å². The van der Waals surface area contributed by atoms with E-state index in [-0.39, 0.29) is 5.56 Å². The van der Waals surface area contributed by atoms with Crippen molar-refractivity contribution in [3.05, 3.63) is 87.3 Å². The fourth-order valence-corrected chi connectivity index (χ4v) is 2.75. The summed E-state index contributed by atoms with van der Waals surface area (Å²) >= 11 is 2.21. The Morgan fingerprint density at radius 3 is 2.52 bits per heavy atom. The summed E-state index contributed by atoms with van der Waals surface area (Å²) in [5.41, 5.74) is 2.89. The zero-order chi connectivity index (χ0) is 19.4. The Morgan fingerprint density at radius 2 is 1.81 bits per heavy atom. The maximum absolute atomic E-state index is 12.7. The lowest BCUT2D eigenvalue weighted by atomic mass is 10.1. The molecule has 1 heterocycles. The number of hydrogen-bond acceptors (Lipinski definition) is 2. The Morgan fingerprint density at radius 1 is 1.07 bits per heavy atom. The maximum atomic E-state index is 12.7. The molecule has 1 aromatic heterocycles. The molecule has 0 aliphatic rings. The molecule has 8 heteroatoms. The van der Waals surface area contributed by atoms with Gasteiger partial charge in [-0.1, -0.05) is 6.07 Å². The molecule has 3 rings (SSSR count). The molecule has 0 aliphatic carbocycles. The Kier molecular flexibility index (Phi) is 5.64. The summed E-state index contributed by atoms with van der Waals surface area (Å²) < 4.78 is 41.2. The van der Waals surface area contributed by atoms with Gasteiger partial charge >= 0.3 is 6.18 Å². The third kappa shape index (κ3) is 4.76. The van der Waals surface area contributed by atoms with Crippen molar-refractivity contribution in [3.63, 3.8) is 0 Å². The van der Waals surface area contributed by atoms with Crippen LogP contribution in [0.15, 0.2) is 72.0 Å². The van der Waals surface area contributed by atoms with E-state index in [4.69, 9.17) is 0 Å². The standard InChI is InChI=1S/C19H13F3IN3O/c20-19(21,22)14-4-1-3-13(11-14)18(27)25-24-12-17-5-2-10-26(17)16-8-6-15(23)7-9-16/h1-12H,(H,25,27)/b24-12-. The van der Waals surface area contributed by atoms with Crippen LogP contribution >= 0.6 is 22.6 Å². The van der Waals surface area contributed by atoms with Gasteiger partial charge in [0, 0.05) is 21.0 Å². The van der Waals surface area contributed by atoms with E-state index >= 15 is 0 Å². The second-order valence-electron chi connectivity index (χ2n) is 5.56. The molecule has 0 bridgehead atoms. The SMILES string of the molecule is O=C(N/N=C\c1cccn1-c1ccc(I)cc1)c1cccc(C(F)(F)F)c1. The monoisotopic (exact) mass is 483 g/mol. The van der Waals surface area contributed by atoms with Crippen molar-refractivity contribution < 1.29 is 18.0 Å². The van der Waals surface area contributed by atoms with Crippen LogP contribution in [0, 0.1) is 3.57 Å². The molecule has 1 amide bonds. The fourth-order valence-electron chi connectivity index (χ4n) is 2.39. The van der Waals surface area contributed by atoms with Crippen molar-refractivity contribution in [2.75, 3.05) is 0 Å². The molecule has 0 saturated carbocycles. The van der Waals surface area contributed by atoms with E-state index in [0.29, 0.717) is 5.69 Å². The summed E-state index contributed by atoms with van der Waals surface area (Å²) in [6.45, 7) is 0. The first-order valence-electron chi connectivity index (χ1n) is 7.78. The number of benzene rings is 2. The highest BCUT2D eigenvalue weighted by atomic mass is 127. The minimum absolute atomic E-state index is 0.116. The van der Waals surface area contributed by atoms with Crippen molar-refractivity contribution >= 4 is 34.7 Å². The Hall–Kier alpha value is -2.62. The van der Waals surface area contributed by atoms with E-state index < -0.39 is 17.6 Å². The molecule has 0 spiro atoms. The van der Waals surface area contributed by atoms with Crippen molar-refractivity contribution in [2.24, 2.45) is 5.10 Å². The second kappa shape index (κ2) is 7.95. The van der Waals surface area contributed by atoms with Gasteiger partial charge in [-0.3, -0.25) is 4.79 Å². The number of hydrazone groups is 1. The van der Waals surface area contributed by atoms with Crippen molar-refractivity contribution in [3.8, 4) is 5.69 Å². The number of alkyl halides is 3. The number of rotatable bonds is 4. The summed E-state index contributed by atoms with van der Waals surface area (Å²) in [6, 6.07) is 15.6. The molecule has 0 fully saturated rings. The van der Waals surface area contributed by atoms with Crippen molar-refractivity contribution in [1.82, 2.24) is 9.99 Å². The minimum Gasteiger partial charge on any atom is -0.316 e. The number of carbonyl (C=O) groups is 1. The zero-order valence-electron chi connectivity index (χ0n) is 13.7. The predicted octanol–water partition coefficient (Wildman–Crippen LogP) is 4.86. The molecule has 0 radical (unpaired) electrons. The van der Waals surface area contributed by atoms with E-state index in [1.807, 2.05) is 41.1 Å². The van der Waals surface area contributed by atoms with Crippen molar-refractivity contribution in [2.45, 2.75) is 6.18 Å². The molecule has 1 N–H and O–H groups in total. The molecule has 138 valence electrons. The smallest absolute Gasteiger partial charge is 0.316 e. The minimum atomic E-state index is -4.51. The molecule has 27 heavy (non-hydrogen) atoms. The van der Waals surface area contributed by atoms with Crippen LogP contribution in [0.1, 0.15) is 21.6 Å². The highest BCUT2D eigenvalue weighted by molar-refractivity contribution is 14.1. The molecule has 4 nitrogen and oxygen atoms in total. The van der Waals surface area contributed by atoms with Gasteiger partial charge in [0.05, 0.1) is 17.5 Å². The van der Waals surface area contributed by atoms with Crippen LogP contribution in [-0.2, 0) is 6.18 Å². The Bertz CT molecular complexity index is 978. The van der Waals surface area contributed by atoms with E-state index in [1.165, 1.54) is 18.3 Å². The zero-order valence-corrected chi connectivity index (χ0v) is 15.9. The summed E-state index contributed by atoms with van der Waals surface area (Å²) in [5.74, 6) is -0.718. The van der Waals surface area contributed by atoms with E-state index in [0.717, 1.165) is 21.4 Å². The average Bonchev–Trinajstić information content (AvgIpc) is 3.10. The first kappa shape index (κ1) is 19.2. The van der Waals surface area contributed by atoms with Crippen molar-refractivity contribution in [1.29, 1.82) is 0 Å². The van der Waals surface area contributed by atoms with Crippen LogP contribution in [0.5, 0.6) is 0 Å². The first-order chi connectivity index (χ1) is 12.8. The van der Waals surface area contributed by atoms with Gasteiger partial charge in [0.1, 0.15) is 0 Å². The van der Waals surface area contributed by atoms with Gasteiger partial charge in [-0.15, -0.1) is 0 Å². The van der Waals surface area contributed by atoms with E-state index in [1.54, 1.807) is 6.07 Å². The number of nitrogens with zero attached hydrogens (tertiary/aromatic N) is 2. The molecule has 0 saturated heterocycles. The highest BCUT2D eigenvalue weighted by Gasteiger charge is 2.30. The number of hydrogen-bond donors (Lipinski definition) is 1. The number of nitrogens with one attached hydrogen (secondary N) is 1. The fraction of sp³-hybridized carbons (Fsp3) is 0.0526.